The highest BCUT2D eigenvalue weighted by molar-refractivity contribution is 5.94. The topological polar surface area (TPSA) is 58.6 Å². The molecule has 1 aromatic carbocycles. The van der Waals surface area contributed by atoms with Gasteiger partial charge < -0.3 is 14.5 Å². The van der Waals surface area contributed by atoms with Crippen LogP contribution < -0.4 is 9.64 Å². The van der Waals surface area contributed by atoms with Crippen LogP contribution in [0.3, 0.4) is 0 Å². The van der Waals surface area contributed by atoms with E-state index in [2.05, 4.69) is 14.9 Å². The first-order valence-electron chi connectivity index (χ1n) is 8.74. The number of piperazine rings is 1. The molecule has 7 heteroatoms. The van der Waals surface area contributed by atoms with Crippen molar-refractivity contribution in [1.82, 2.24) is 14.9 Å². The number of amides is 1. The monoisotopic (exact) mass is 358 g/mol. The maximum atomic E-state index is 13.0. The molecule has 0 saturated carbocycles. The molecule has 1 saturated heterocycles. The lowest BCUT2D eigenvalue weighted by atomic mass is 10.2. The van der Waals surface area contributed by atoms with E-state index in [1.54, 1.807) is 4.90 Å². The Labute approximate surface area is 152 Å². The third-order valence-corrected chi connectivity index (χ3v) is 4.14. The van der Waals surface area contributed by atoms with Crippen LogP contribution in [0.1, 0.15) is 30.0 Å². The van der Waals surface area contributed by atoms with Gasteiger partial charge in [-0.1, -0.05) is 0 Å². The van der Waals surface area contributed by atoms with Gasteiger partial charge >= 0.3 is 0 Å². The molecule has 138 valence electrons. The number of anilines is 1. The second-order valence-electron chi connectivity index (χ2n) is 6.56. The maximum absolute atomic E-state index is 13.0. The van der Waals surface area contributed by atoms with Crippen LogP contribution in [0, 0.1) is 12.7 Å². The molecule has 1 amide bonds. The van der Waals surface area contributed by atoms with Crippen molar-refractivity contribution in [1.29, 1.82) is 0 Å². The van der Waals surface area contributed by atoms with Gasteiger partial charge in [0.05, 0.1) is 6.10 Å². The molecule has 0 spiro atoms. The Morgan fingerprint density at radius 1 is 1.12 bits per heavy atom. The van der Waals surface area contributed by atoms with Crippen molar-refractivity contribution in [2.45, 2.75) is 26.9 Å². The highest BCUT2D eigenvalue weighted by Crippen LogP contribution is 2.20. The second-order valence-corrected chi connectivity index (χ2v) is 6.56. The molecule has 26 heavy (non-hydrogen) atoms. The van der Waals surface area contributed by atoms with Crippen LogP contribution in [0.5, 0.6) is 5.88 Å². The lowest BCUT2D eigenvalue weighted by Crippen LogP contribution is -2.49. The van der Waals surface area contributed by atoms with Crippen LogP contribution in [0.15, 0.2) is 30.3 Å². The summed E-state index contributed by atoms with van der Waals surface area (Å²) in [6.45, 7) is 8.26. The van der Waals surface area contributed by atoms with Crippen LogP contribution in [0.2, 0.25) is 0 Å². The molecular formula is C19H23FN4O2. The first-order chi connectivity index (χ1) is 12.4. The standard InChI is InChI=1S/C19H23FN4O2/c1-13(2)26-18-12-17(21-14(3)22-18)23-8-10-24(11-9-23)19(25)15-4-6-16(20)7-5-15/h4-7,12-13H,8-11H2,1-3H3. The van der Waals surface area contributed by atoms with E-state index in [-0.39, 0.29) is 17.8 Å². The van der Waals surface area contributed by atoms with E-state index in [4.69, 9.17) is 4.74 Å². The molecule has 2 heterocycles. The highest BCUT2D eigenvalue weighted by atomic mass is 19.1. The summed E-state index contributed by atoms with van der Waals surface area (Å²) < 4.78 is 18.7. The van der Waals surface area contributed by atoms with Gasteiger partial charge in [-0.25, -0.2) is 9.37 Å². The largest absolute Gasteiger partial charge is 0.475 e. The van der Waals surface area contributed by atoms with E-state index in [0.717, 1.165) is 5.82 Å². The minimum atomic E-state index is -0.343. The summed E-state index contributed by atoms with van der Waals surface area (Å²) in [4.78, 5) is 25.2. The van der Waals surface area contributed by atoms with Crippen molar-refractivity contribution in [2.75, 3.05) is 31.1 Å². The van der Waals surface area contributed by atoms with Crippen molar-refractivity contribution in [3.63, 3.8) is 0 Å². The fourth-order valence-corrected chi connectivity index (χ4v) is 2.90. The van der Waals surface area contributed by atoms with Gasteiger partial charge in [-0.3, -0.25) is 4.79 Å². The fourth-order valence-electron chi connectivity index (χ4n) is 2.90. The third-order valence-electron chi connectivity index (χ3n) is 4.14. The number of aromatic nitrogens is 2. The Morgan fingerprint density at radius 3 is 2.38 bits per heavy atom. The van der Waals surface area contributed by atoms with Crippen molar-refractivity contribution < 1.29 is 13.9 Å². The quantitative estimate of drug-likeness (QED) is 0.841. The summed E-state index contributed by atoms with van der Waals surface area (Å²) in [6.07, 6.45) is 0.0438. The van der Waals surface area contributed by atoms with Crippen LogP contribution in [-0.2, 0) is 0 Å². The number of ether oxygens (including phenoxy) is 1. The molecule has 1 fully saturated rings. The van der Waals surface area contributed by atoms with Crippen LogP contribution in [-0.4, -0.2) is 53.1 Å². The number of nitrogens with zero attached hydrogens (tertiary/aromatic N) is 4. The number of rotatable bonds is 4. The van der Waals surface area contributed by atoms with E-state index in [1.165, 1.54) is 24.3 Å². The molecule has 1 aromatic heterocycles. The molecule has 3 rings (SSSR count). The van der Waals surface area contributed by atoms with Gasteiger partial charge in [-0.05, 0) is 45.0 Å². The predicted molar refractivity (Wildman–Crippen MR) is 97.0 cm³/mol. The average molecular weight is 358 g/mol. The van der Waals surface area contributed by atoms with Crippen molar-refractivity contribution >= 4 is 11.7 Å². The van der Waals surface area contributed by atoms with Gasteiger partial charge in [0.15, 0.2) is 0 Å². The minimum absolute atomic E-state index is 0.0438. The zero-order chi connectivity index (χ0) is 18.7. The van der Waals surface area contributed by atoms with Crippen molar-refractivity contribution in [2.24, 2.45) is 0 Å². The molecule has 1 aliphatic rings. The average Bonchev–Trinajstić information content (AvgIpc) is 2.61. The third kappa shape index (κ3) is 4.28. The maximum Gasteiger partial charge on any atom is 0.253 e. The Kier molecular flexibility index (Phi) is 5.35. The lowest BCUT2D eigenvalue weighted by molar-refractivity contribution is 0.0746. The molecule has 1 aliphatic heterocycles. The molecule has 0 N–H and O–H groups in total. The first kappa shape index (κ1) is 18.1. The second kappa shape index (κ2) is 7.68. The Balaban J connectivity index is 1.65. The van der Waals surface area contributed by atoms with Gasteiger partial charge in [-0.2, -0.15) is 4.98 Å². The number of carbonyl (C=O) groups excluding carboxylic acids is 1. The Bertz CT molecular complexity index is 772. The van der Waals surface area contributed by atoms with Crippen molar-refractivity contribution in [3.05, 3.63) is 47.5 Å². The number of aryl methyl sites for hydroxylation is 1. The number of halogens is 1. The van der Waals surface area contributed by atoms with Crippen LogP contribution >= 0.6 is 0 Å². The predicted octanol–water partition coefficient (Wildman–Crippen LogP) is 2.67. The van der Waals surface area contributed by atoms with Crippen molar-refractivity contribution in [3.8, 4) is 5.88 Å². The molecular weight excluding hydrogens is 335 g/mol. The van der Waals surface area contributed by atoms with Gasteiger partial charge in [0.25, 0.3) is 5.91 Å². The van der Waals surface area contributed by atoms with E-state index in [9.17, 15) is 9.18 Å². The number of hydrogen-bond donors (Lipinski definition) is 0. The molecule has 0 aliphatic carbocycles. The van der Waals surface area contributed by atoms with Gasteiger partial charge in [0, 0.05) is 37.8 Å². The molecule has 0 bridgehead atoms. The van der Waals surface area contributed by atoms with E-state index >= 15 is 0 Å². The number of hydrogen-bond acceptors (Lipinski definition) is 5. The van der Waals surface area contributed by atoms with E-state index in [0.29, 0.717) is 43.4 Å². The van der Waals surface area contributed by atoms with E-state index in [1.807, 2.05) is 26.8 Å². The summed E-state index contributed by atoms with van der Waals surface area (Å²) in [5.41, 5.74) is 0.505. The molecule has 2 aromatic rings. The fraction of sp³-hybridized carbons (Fsp3) is 0.421. The number of carbonyl (C=O) groups is 1. The first-order valence-corrected chi connectivity index (χ1v) is 8.74. The van der Waals surface area contributed by atoms with E-state index < -0.39 is 0 Å². The van der Waals surface area contributed by atoms with Gasteiger partial charge in [-0.15, -0.1) is 0 Å². The van der Waals surface area contributed by atoms with Gasteiger partial charge in [0.2, 0.25) is 5.88 Å². The smallest absolute Gasteiger partial charge is 0.253 e. The molecule has 0 atom stereocenters. The highest BCUT2D eigenvalue weighted by Gasteiger charge is 2.23. The lowest BCUT2D eigenvalue weighted by Gasteiger charge is -2.35. The normalized spacial score (nSPS) is 14.7. The Hall–Kier alpha value is -2.70. The molecule has 0 radical (unpaired) electrons. The zero-order valence-electron chi connectivity index (χ0n) is 15.3. The van der Waals surface area contributed by atoms with Crippen LogP contribution in [0.4, 0.5) is 10.2 Å². The Morgan fingerprint density at radius 2 is 1.77 bits per heavy atom. The summed E-state index contributed by atoms with van der Waals surface area (Å²) in [6, 6.07) is 7.50. The number of benzene rings is 1. The summed E-state index contributed by atoms with van der Waals surface area (Å²) in [5.74, 6) is 1.61. The SMILES string of the molecule is Cc1nc(OC(C)C)cc(N2CCN(C(=O)c3ccc(F)cc3)CC2)n1. The van der Waals surface area contributed by atoms with Gasteiger partial charge in [0.1, 0.15) is 17.5 Å². The van der Waals surface area contributed by atoms with Crippen LogP contribution in [0.25, 0.3) is 0 Å². The minimum Gasteiger partial charge on any atom is -0.475 e. The molecule has 0 unspecified atom stereocenters. The summed E-state index contributed by atoms with van der Waals surface area (Å²) in [7, 11) is 0. The summed E-state index contributed by atoms with van der Waals surface area (Å²) in [5, 5.41) is 0. The summed E-state index contributed by atoms with van der Waals surface area (Å²) >= 11 is 0. The zero-order valence-corrected chi connectivity index (χ0v) is 15.3. The molecule has 6 nitrogen and oxygen atoms in total.